The highest BCUT2D eigenvalue weighted by Crippen LogP contribution is 2.23. The summed E-state index contributed by atoms with van der Waals surface area (Å²) in [5.74, 6) is 0.687. The fourth-order valence-electron chi connectivity index (χ4n) is 3.54. The van der Waals surface area contributed by atoms with Gasteiger partial charge >= 0.3 is 0 Å². The Bertz CT molecular complexity index is 802. The molecule has 29 heavy (non-hydrogen) atoms. The van der Waals surface area contributed by atoms with Crippen LogP contribution in [0.4, 0.5) is 5.69 Å². The normalized spacial score (nSPS) is 14.9. The SMILES string of the molecule is CCOc1ccccc1NC(=O)CN1CCC(NC(=O)Cc2ccccc2)CC1. The van der Waals surface area contributed by atoms with Crippen molar-refractivity contribution in [1.82, 2.24) is 10.2 Å². The Kier molecular flexibility index (Phi) is 7.64. The molecule has 6 nitrogen and oxygen atoms in total. The third-order valence-electron chi connectivity index (χ3n) is 4.99. The van der Waals surface area contributed by atoms with Crippen LogP contribution in [0.25, 0.3) is 0 Å². The van der Waals surface area contributed by atoms with Crippen LogP contribution in [0.2, 0.25) is 0 Å². The van der Waals surface area contributed by atoms with Gasteiger partial charge < -0.3 is 15.4 Å². The van der Waals surface area contributed by atoms with Gasteiger partial charge in [-0.25, -0.2) is 0 Å². The average molecular weight is 396 g/mol. The number of benzene rings is 2. The van der Waals surface area contributed by atoms with Crippen molar-refractivity contribution in [3.8, 4) is 5.75 Å². The van der Waals surface area contributed by atoms with Crippen LogP contribution in [0, 0.1) is 0 Å². The van der Waals surface area contributed by atoms with E-state index in [0.29, 0.717) is 31.0 Å². The molecule has 1 fully saturated rings. The van der Waals surface area contributed by atoms with Gasteiger partial charge in [0.2, 0.25) is 11.8 Å². The van der Waals surface area contributed by atoms with Crippen LogP contribution in [0.3, 0.4) is 0 Å². The van der Waals surface area contributed by atoms with Crippen LogP contribution in [0.15, 0.2) is 54.6 Å². The van der Waals surface area contributed by atoms with Gasteiger partial charge in [-0.1, -0.05) is 42.5 Å². The maximum Gasteiger partial charge on any atom is 0.238 e. The zero-order valence-corrected chi connectivity index (χ0v) is 16.9. The summed E-state index contributed by atoms with van der Waals surface area (Å²) in [6, 6.07) is 17.4. The molecule has 0 spiro atoms. The van der Waals surface area contributed by atoms with Crippen molar-refractivity contribution >= 4 is 17.5 Å². The minimum atomic E-state index is -0.0521. The Balaban J connectivity index is 1.40. The molecule has 2 aromatic carbocycles. The summed E-state index contributed by atoms with van der Waals surface area (Å²) in [6.45, 7) is 4.39. The lowest BCUT2D eigenvalue weighted by Crippen LogP contribution is -2.46. The molecular formula is C23H29N3O3. The predicted molar refractivity (Wildman–Crippen MR) is 114 cm³/mol. The molecule has 6 heteroatoms. The highest BCUT2D eigenvalue weighted by molar-refractivity contribution is 5.93. The van der Waals surface area contributed by atoms with E-state index in [1.165, 1.54) is 0 Å². The topological polar surface area (TPSA) is 70.7 Å². The first-order chi connectivity index (χ1) is 14.1. The minimum Gasteiger partial charge on any atom is -0.492 e. The number of para-hydroxylation sites is 2. The Morgan fingerprint density at radius 1 is 1.00 bits per heavy atom. The third-order valence-corrected chi connectivity index (χ3v) is 4.99. The molecule has 1 aliphatic rings. The largest absolute Gasteiger partial charge is 0.492 e. The fraction of sp³-hybridized carbons (Fsp3) is 0.391. The van der Waals surface area contributed by atoms with Gasteiger partial charge in [0, 0.05) is 19.1 Å². The summed E-state index contributed by atoms with van der Waals surface area (Å²) in [5, 5.41) is 6.06. The molecule has 2 amide bonds. The van der Waals surface area contributed by atoms with E-state index in [9.17, 15) is 9.59 Å². The minimum absolute atomic E-state index is 0.0521. The van der Waals surface area contributed by atoms with Crippen LogP contribution in [-0.2, 0) is 16.0 Å². The summed E-state index contributed by atoms with van der Waals surface area (Å²) in [4.78, 5) is 26.8. The highest BCUT2D eigenvalue weighted by Gasteiger charge is 2.22. The van der Waals surface area contributed by atoms with Crippen molar-refractivity contribution in [3.63, 3.8) is 0 Å². The number of rotatable bonds is 8. The number of nitrogens with one attached hydrogen (secondary N) is 2. The second-order valence-electron chi connectivity index (χ2n) is 7.26. The summed E-state index contributed by atoms with van der Waals surface area (Å²) in [7, 11) is 0. The van der Waals surface area contributed by atoms with Crippen molar-refractivity contribution in [1.29, 1.82) is 0 Å². The second kappa shape index (κ2) is 10.6. The van der Waals surface area contributed by atoms with Gasteiger partial charge in [0.15, 0.2) is 0 Å². The van der Waals surface area contributed by atoms with Gasteiger partial charge in [-0.3, -0.25) is 14.5 Å². The van der Waals surface area contributed by atoms with E-state index in [1.807, 2.05) is 61.5 Å². The molecule has 0 aliphatic carbocycles. The fourth-order valence-corrected chi connectivity index (χ4v) is 3.54. The van der Waals surface area contributed by atoms with E-state index in [2.05, 4.69) is 15.5 Å². The van der Waals surface area contributed by atoms with Gasteiger partial charge in [0.05, 0.1) is 25.3 Å². The zero-order valence-electron chi connectivity index (χ0n) is 16.9. The maximum atomic E-state index is 12.4. The lowest BCUT2D eigenvalue weighted by Gasteiger charge is -2.31. The molecule has 0 atom stereocenters. The number of ether oxygens (including phenoxy) is 1. The molecule has 154 valence electrons. The molecule has 2 aromatic rings. The van der Waals surface area contributed by atoms with Crippen LogP contribution in [0.5, 0.6) is 5.75 Å². The standard InChI is InChI=1S/C23H29N3O3/c1-2-29-21-11-7-6-10-20(21)25-23(28)17-26-14-12-19(13-15-26)24-22(27)16-18-8-4-3-5-9-18/h3-11,19H,2,12-17H2,1H3,(H,24,27)(H,25,28). The molecule has 2 N–H and O–H groups in total. The summed E-state index contributed by atoms with van der Waals surface area (Å²) >= 11 is 0. The molecule has 3 rings (SSSR count). The zero-order chi connectivity index (χ0) is 20.5. The molecule has 1 heterocycles. The smallest absolute Gasteiger partial charge is 0.238 e. The number of carbonyl (C=O) groups is 2. The Morgan fingerprint density at radius 3 is 2.41 bits per heavy atom. The van der Waals surface area contributed by atoms with Gasteiger partial charge in [-0.2, -0.15) is 0 Å². The number of likely N-dealkylation sites (tertiary alicyclic amines) is 1. The molecule has 0 radical (unpaired) electrons. The van der Waals surface area contributed by atoms with E-state index in [1.54, 1.807) is 0 Å². The lowest BCUT2D eigenvalue weighted by molar-refractivity contribution is -0.122. The number of nitrogens with zero attached hydrogens (tertiary/aromatic N) is 1. The molecule has 0 saturated carbocycles. The number of carbonyl (C=O) groups excluding carboxylic acids is 2. The van der Waals surface area contributed by atoms with E-state index in [4.69, 9.17) is 4.74 Å². The van der Waals surface area contributed by atoms with Crippen LogP contribution in [-0.4, -0.2) is 49.0 Å². The Hall–Kier alpha value is -2.86. The van der Waals surface area contributed by atoms with Crippen LogP contribution < -0.4 is 15.4 Å². The van der Waals surface area contributed by atoms with E-state index >= 15 is 0 Å². The van der Waals surface area contributed by atoms with Crippen LogP contribution >= 0.6 is 0 Å². The van der Waals surface area contributed by atoms with Crippen molar-refractivity contribution in [2.75, 3.05) is 31.6 Å². The Labute approximate surface area is 172 Å². The monoisotopic (exact) mass is 395 g/mol. The first-order valence-electron chi connectivity index (χ1n) is 10.2. The highest BCUT2D eigenvalue weighted by atomic mass is 16.5. The van der Waals surface area contributed by atoms with Crippen molar-refractivity contribution in [2.45, 2.75) is 32.2 Å². The third kappa shape index (κ3) is 6.61. The van der Waals surface area contributed by atoms with Gasteiger partial charge in [0.1, 0.15) is 5.75 Å². The van der Waals surface area contributed by atoms with Crippen LogP contribution in [0.1, 0.15) is 25.3 Å². The molecular weight excluding hydrogens is 366 g/mol. The quantitative estimate of drug-likeness (QED) is 0.721. The molecule has 1 aliphatic heterocycles. The maximum absolute atomic E-state index is 12.4. The van der Waals surface area contributed by atoms with Crippen molar-refractivity contribution in [3.05, 3.63) is 60.2 Å². The first kappa shape index (κ1) is 20.9. The average Bonchev–Trinajstić information content (AvgIpc) is 2.72. The van der Waals surface area contributed by atoms with E-state index in [-0.39, 0.29) is 17.9 Å². The molecule has 0 unspecified atom stereocenters. The number of amides is 2. The summed E-state index contributed by atoms with van der Waals surface area (Å²) in [5.41, 5.74) is 1.72. The number of piperidine rings is 1. The van der Waals surface area contributed by atoms with Crippen molar-refractivity contribution < 1.29 is 14.3 Å². The number of anilines is 1. The molecule has 1 saturated heterocycles. The number of hydrogen-bond acceptors (Lipinski definition) is 4. The number of hydrogen-bond donors (Lipinski definition) is 2. The van der Waals surface area contributed by atoms with Gasteiger partial charge in [-0.15, -0.1) is 0 Å². The Morgan fingerprint density at radius 2 is 1.69 bits per heavy atom. The van der Waals surface area contributed by atoms with E-state index < -0.39 is 0 Å². The second-order valence-corrected chi connectivity index (χ2v) is 7.26. The van der Waals surface area contributed by atoms with Gasteiger partial charge in [0.25, 0.3) is 0 Å². The predicted octanol–water partition coefficient (Wildman–Crippen LogP) is 2.85. The summed E-state index contributed by atoms with van der Waals surface area (Å²) in [6.07, 6.45) is 2.11. The first-order valence-corrected chi connectivity index (χ1v) is 10.2. The molecule has 0 bridgehead atoms. The van der Waals surface area contributed by atoms with E-state index in [0.717, 1.165) is 31.5 Å². The summed E-state index contributed by atoms with van der Waals surface area (Å²) < 4.78 is 5.55. The van der Waals surface area contributed by atoms with Crippen molar-refractivity contribution in [2.24, 2.45) is 0 Å². The van der Waals surface area contributed by atoms with Gasteiger partial charge in [-0.05, 0) is 37.5 Å². The molecule has 0 aromatic heterocycles. The lowest BCUT2D eigenvalue weighted by atomic mass is 10.0.